The number of ether oxygens (including phenoxy) is 1. The fraction of sp³-hybridized carbons (Fsp3) is 0.320. The molecule has 0 saturated carbocycles. The summed E-state index contributed by atoms with van der Waals surface area (Å²) in [4.78, 5) is 28.1. The highest BCUT2D eigenvalue weighted by atomic mass is 32.2. The number of carbonyl (C=O) groups is 2. The minimum atomic E-state index is -3.48. The number of aromatic nitrogens is 1. The van der Waals surface area contributed by atoms with Crippen LogP contribution in [0, 0.1) is 0 Å². The van der Waals surface area contributed by atoms with Gasteiger partial charge in [0.05, 0.1) is 5.25 Å². The number of allylic oxidation sites excluding steroid dienone is 2. The molecule has 0 aliphatic heterocycles. The molecule has 1 heterocycles. The van der Waals surface area contributed by atoms with Gasteiger partial charge in [0.25, 0.3) is 5.91 Å². The van der Waals surface area contributed by atoms with Gasteiger partial charge in [0.1, 0.15) is 17.2 Å². The summed E-state index contributed by atoms with van der Waals surface area (Å²) in [5.74, 6) is 0.736. The van der Waals surface area contributed by atoms with Gasteiger partial charge in [-0.1, -0.05) is 32.1 Å². The highest BCUT2D eigenvalue weighted by molar-refractivity contribution is 7.89. The number of urea groups is 1. The number of rotatable bonds is 10. The first-order valence-electron chi connectivity index (χ1n) is 11.6. The molecule has 0 fully saturated rings. The van der Waals surface area contributed by atoms with Crippen molar-refractivity contribution in [1.82, 2.24) is 25.2 Å². The number of pyridine rings is 1. The van der Waals surface area contributed by atoms with Crippen molar-refractivity contribution in [2.75, 3.05) is 20.1 Å². The van der Waals surface area contributed by atoms with Crippen LogP contribution in [0.2, 0.25) is 0 Å². The second-order valence-electron chi connectivity index (χ2n) is 7.94. The molecule has 0 bridgehead atoms. The van der Waals surface area contributed by atoms with Gasteiger partial charge in [-0.05, 0) is 42.3 Å². The summed E-state index contributed by atoms with van der Waals surface area (Å²) in [5.41, 5.74) is 1.53. The number of sulfonamides is 1. The lowest BCUT2D eigenvalue weighted by Gasteiger charge is -2.25. The molecule has 1 aliphatic carbocycles. The van der Waals surface area contributed by atoms with Crippen LogP contribution in [0.3, 0.4) is 0 Å². The van der Waals surface area contributed by atoms with Crippen molar-refractivity contribution < 1.29 is 22.7 Å². The van der Waals surface area contributed by atoms with Crippen molar-refractivity contribution in [2.24, 2.45) is 0 Å². The van der Waals surface area contributed by atoms with Crippen molar-refractivity contribution >= 4 is 22.0 Å². The van der Waals surface area contributed by atoms with Gasteiger partial charge in [-0.15, -0.1) is 0 Å². The van der Waals surface area contributed by atoms with E-state index in [1.54, 1.807) is 56.3 Å². The number of hydrogen-bond acceptors (Lipinski definition) is 6. The zero-order valence-corrected chi connectivity index (χ0v) is 21.3. The molecule has 36 heavy (non-hydrogen) atoms. The van der Waals surface area contributed by atoms with Gasteiger partial charge in [-0.2, -0.15) is 0 Å². The molecular weight excluding hydrogens is 482 g/mol. The number of amides is 3. The van der Waals surface area contributed by atoms with E-state index in [-0.39, 0.29) is 18.1 Å². The number of nitrogens with zero attached hydrogens (tertiary/aromatic N) is 2. The van der Waals surface area contributed by atoms with Gasteiger partial charge in [0.15, 0.2) is 0 Å². The van der Waals surface area contributed by atoms with Crippen LogP contribution in [0.25, 0.3) is 0 Å². The van der Waals surface area contributed by atoms with Gasteiger partial charge in [0.2, 0.25) is 10.0 Å². The molecule has 1 aromatic heterocycles. The van der Waals surface area contributed by atoms with Crippen molar-refractivity contribution in [3.8, 4) is 11.5 Å². The van der Waals surface area contributed by atoms with E-state index in [4.69, 9.17) is 4.74 Å². The van der Waals surface area contributed by atoms with Crippen molar-refractivity contribution in [2.45, 2.75) is 32.1 Å². The second-order valence-corrected chi connectivity index (χ2v) is 10.1. The summed E-state index contributed by atoms with van der Waals surface area (Å²) in [5, 5.41) is 7.27. The summed E-state index contributed by atoms with van der Waals surface area (Å²) >= 11 is 0. The lowest BCUT2D eigenvalue weighted by Crippen LogP contribution is -2.40. The maximum Gasteiger partial charge on any atom is 0.319 e. The number of nitrogens with one attached hydrogen (secondary N) is 3. The molecule has 192 valence electrons. The van der Waals surface area contributed by atoms with Crippen LogP contribution >= 0.6 is 0 Å². The van der Waals surface area contributed by atoms with Crippen LogP contribution in [-0.4, -0.2) is 55.0 Å². The minimum Gasteiger partial charge on any atom is -0.457 e. The fourth-order valence-corrected chi connectivity index (χ4v) is 5.39. The van der Waals surface area contributed by atoms with E-state index in [2.05, 4.69) is 20.9 Å². The third-order valence-electron chi connectivity index (χ3n) is 5.54. The van der Waals surface area contributed by atoms with E-state index in [0.29, 0.717) is 36.7 Å². The normalized spacial score (nSPS) is 15.2. The monoisotopic (exact) mass is 513 g/mol. The Morgan fingerprint density at radius 1 is 1.11 bits per heavy atom. The molecule has 3 N–H and O–H groups in total. The van der Waals surface area contributed by atoms with Crippen LogP contribution in [-0.2, 0) is 16.6 Å². The summed E-state index contributed by atoms with van der Waals surface area (Å²) < 4.78 is 32.8. The second kappa shape index (κ2) is 12.3. The molecule has 3 amide bonds. The first-order valence-corrected chi connectivity index (χ1v) is 13.1. The maximum atomic E-state index is 12.8. The Balaban J connectivity index is 1.54. The van der Waals surface area contributed by atoms with E-state index in [1.165, 1.54) is 17.5 Å². The van der Waals surface area contributed by atoms with Gasteiger partial charge >= 0.3 is 6.03 Å². The Bertz CT molecular complexity index is 1240. The predicted molar refractivity (Wildman–Crippen MR) is 137 cm³/mol. The summed E-state index contributed by atoms with van der Waals surface area (Å²) in [6.45, 7) is 4.67. The van der Waals surface area contributed by atoms with Crippen LogP contribution in [0.4, 0.5) is 4.79 Å². The molecule has 1 aromatic carbocycles. The Kier molecular flexibility index (Phi) is 9.20. The lowest BCUT2D eigenvalue weighted by molar-refractivity contribution is 0.0957. The SMILES string of the molecule is CCN(CC)S(=O)(=O)C1C=C(NC(=O)NCc2ccc(Oc3ccnc(C(=O)NC)c3)cc2)C=CC1. The van der Waals surface area contributed by atoms with E-state index < -0.39 is 21.3 Å². The Morgan fingerprint density at radius 3 is 2.50 bits per heavy atom. The average molecular weight is 514 g/mol. The average Bonchev–Trinajstić information content (AvgIpc) is 2.88. The third kappa shape index (κ3) is 6.92. The van der Waals surface area contributed by atoms with Crippen molar-refractivity contribution in [3.63, 3.8) is 0 Å². The topological polar surface area (TPSA) is 130 Å². The molecule has 1 aliphatic rings. The Morgan fingerprint density at radius 2 is 1.83 bits per heavy atom. The van der Waals surface area contributed by atoms with Gasteiger partial charge < -0.3 is 20.7 Å². The minimum absolute atomic E-state index is 0.252. The van der Waals surface area contributed by atoms with Gasteiger partial charge in [0, 0.05) is 44.6 Å². The largest absolute Gasteiger partial charge is 0.457 e. The highest BCUT2D eigenvalue weighted by Crippen LogP contribution is 2.22. The molecule has 2 aromatic rings. The highest BCUT2D eigenvalue weighted by Gasteiger charge is 2.29. The summed E-state index contributed by atoms with van der Waals surface area (Å²) in [6.07, 6.45) is 6.89. The predicted octanol–water partition coefficient (Wildman–Crippen LogP) is 2.92. The van der Waals surface area contributed by atoms with E-state index >= 15 is 0 Å². The van der Waals surface area contributed by atoms with Crippen LogP contribution in [0.5, 0.6) is 11.5 Å². The Labute approximate surface area is 211 Å². The zero-order chi connectivity index (χ0) is 26.1. The van der Waals surface area contributed by atoms with Crippen molar-refractivity contribution in [1.29, 1.82) is 0 Å². The first-order chi connectivity index (χ1) is 17.3. The fourth-order valence-electron chi connectivity index (χ4n) is 3.61. The maximum absolute atomic E-state index is 12.8. The zero-order valence-electron chi connectivity index (χ0n) is 20.5. The van der Waals surface area contributed by atoms with Crippen LogP contribution in [0.15, 0.2) is 66.5 Å². The molecule has 0 spiro atoms. The molecule has 0 radical (unpaired) electrons. The van der Waals surface area contributed by atoms with Crippen LogP contribution < -0.4 is 20.7 Å². The molecule has 11 heteroatoms. The molecule has 0 saturated heterocycles. The quantitative estimate of drug-likeness (QED) is 0.448. The number of carbonyl (C=O) groups excluding carboxylic acids is 2. The third-order valence-corrected chi connectivity index (χ3v) is 7.87. The lowest BCUT2D eigenvalue weighted by atomic mass is 10.1. The Hall–Kier alpha value is -3.70. The summed E-state index contributed by atoms with van der Waals surface area (Å²) in [6, 6.07) is 9.88. The summed E-state index contributed by atoms with van der Waals surface area (Å²) in [7, 11) is -1.95. The molecule has 1 atom stereocenters. The van der Waals surface area contributed by atoms with Gasteiger partial charge in [-0.25, -0.2) is 17.5 Å². The molecule has 1 unspecified atom stereocenters. The first kappa shape index (κ1) is 26.9. The van der Waals surface area contributed by atoms with E-state index in [1.807, 2.05) is 12.1 Å². The standard InChI is InChI=1S/C25H31N5O5S/c1-4-30(5-2)36(33,34)22-8-6-7-19(15-22)29-25(32)28-17-18-9-11-20(12-10-18)35-21-13-14-27-23(16-21)24(31)26-3/h6-7,9-16,22H,4-5,8,17H2,1-3H3,(H,26,31)(H2,28,29,32). The van der Waals surface area contributed by atoms with Crippen LogP contribution in [0.1, 0.15) is 36.3 Å². The van der Waals surface area contributed by atoms with E-state index in [9.17, 15) is 18.0 Å². The number of benzene rings is 1. The van der Waals surface area contributed by atoms with Gasteiger partial charge in [-0.3, -0.25) is 9.78 Å². The van der Waals surface area contributed by atoms with E-state index in [0.717, 1.165) is 5.56 Å². The van der Waals surface area contributed by atoms with Crippen molar-refractivity contribution in [3.05, 3.63) is 77.8 Å². The number of hydrogen-bond donors (Lipinski definition) is 3. The molecular formula is C25H31N5O5S. The molecule has 10 nitrogen and oxygen atoms in total. The smallest absolute Gasteiger partial charge is 0.319 e. The molecule has 3 rings (SSSR count).